The number of carbonyl (C=O) groups is 1. The molecule has 0 bridgehead atoms. The summed E-state index contributed by atoms with van der Waals surface area (Å²) in [6.07, 6.45) is 0. The molecule has 4 nitrogen and oxygen atoms in total. The van der Waals surface area contributed by atoms with Gasteiger partial charge in [-0.25, -0.2) is 0 Å². The number of aliphatic hydroxyl groups is 1. The zero-order valence-corrected chi connectivity index (χ0v) is 11.3. The number of nitrogens with one attached hydrogen (secondary N) is 1. The molecule has 0 heterocycles. The normalized spacial score (nSPS) is 14.3. The highest BCUT2D eigenvalue weighted by Gasteiger charge is 2.24. The molecule has 0 aliphatic carbocycles. The van der Waals surface area contributed by atoms with E-state index in [0.29, 0.717) is 0 Å². The average molecular weight is 250 g/mol. The van der Waals surface area contributed by atoms with Crippen LogP contribution < -0.4 is 5.32 Å². The largest absolute Gasteiger partial charge is 0.394 e. The van der Waals surface area contributed by atoms with E-state index in [-0.39, 0.29) is 24.6 Å². The van der Waals surface area contributed by atoms with Gasteiger partial charge in [-0.2, -0.15) is 0 Å². The average Bonchev–Trinajstić information content (AvgIpc) is 2.39. The van der Waals surface area contributed by atoms with E-state index >= 15 is 0 Å². The molecule has 0 aromatic heterocycles. The predicted molar refractivity (Wildman–Crippen MR) is 72.2 cm³/mol. The van der Waals surface area contributed by atoms with Gasteiger partial charge in [0.05, 0.1) is 6.61 Å². The lowest BCUT2D eigenvalue weighted by Gasteiger charge is -2.27. The zero-order valence-electron chi connectivity index (χ0n) is 11.3. The fourth-order valence-corrected chi connectivity index (χ4v) is 1.79. The Morgan fingerprint density at radius 2 is 2.00 bits per heavy atom. The van der Waals surface area contributed by atoms with Gasteiger partial charge in [0.25, 0.3) is 0 Å². The molecule has 0 aliphatic heterocycles. The molecule has 1 aromatic carbocycles. The molecule has 4 heteroatoms. The van der Waals surface area contributed by atoms with Crippen molar-refractivity contribution in [3.63, 3.8) is 0 Å². The quantitative estimate of drug-likeness (QED) is 0.797. The SMILES string of the molecule is CCN(C)C(C(=O)NC(C)CO)c1ccccc1. The minimum absolute atomic E-state index is 0.0525. The monoisotopic (exact) mass is 250 g/mol. The van der Waals surface area contributed by atoms with Crippen LogP contribution in [0.15, 0.2) is 30.3 Å². The van der Waals surface area contributed by atoms with Crippen LogP contribution in [0.1, 0.15) is 25.5 Å². The molecule has 1 rings (SSSR count). The van der Waals surface area contributed by atoms with E-state index in [1.807, 2.05) is 49.2 Å². The van der Waals surface area contributed by atoms with Crippen LogP contribution in [-0.2, 0) is 4.79 Å². The smallest absolute Gasteiger partial charge is 0.242 e. The van der Waals surface area contributed by atoms with Crippen LogP contribution >= 0.6 is 0 Å². The van der Waals surface area contributed by atoms with E-state index in [1.165, 1.54) is 0 Å². The highest BCUT2D eigenvalue weighted by Crippen LogP contribution is 2.19. The summed E-state index contributed by atoms with van der Waals surface area (Å²) in [5.74, 6) is -0.0768. The number of carbonyl (C=O) groups excluding carboxylic acids is 1. The van der Waals surface area contributed by atoms with Gasteiger partial charge in [0.1, 0.15) is 6.04 Å². The summed E-state index contributed by atoms with van der Waals surface area (Å²) in [6, 6.07) is 9.13. The van der Waals surface area contributed by atoms with Crippen molar-refractivity contribution >= 4 is 5.91 Å². The van der Waals surface area contributed by atoms with Crippen molar-refractivity contribution in [2.75, 3.05) is 20.2 Å². The number of aliphatic hydroxyl groups excluding tert-OH is 1. The summed E-state index contributed by atoms with van der Waals surface area (Å²) >= 11 is 0. The van der Waals surface area contributed by atoms with Crippen molar-refractivity contribution in [2.24, 2.45) is 0 Å². The molecular formula is C14H22N2O2. The molecule has 2 atom stereocenters. The van der Waals surface area contributed by atoms with Crippen molar-refractivity contribution < 1.29 is 9.90 Å². The molecule has 0 spiro atoms. The summed E-state index contributed by atoms with van der Waals surface area (Å²) in [5.41, 5.74) is 0.962. The van der Waals surface area contributed by atoms with Gasteiger partial charge < -0.3 is 10.4 Å². The molecule has 0 aliphatic rings. The second kappa shape index (κ2) is 7.13. The number of amides is 1. The summed E-state index contributed by atoms with van der Waals surface area (Å²) < 4.78 is 0. The molecule has 2 unspecified atom stereocenters. The summed E-state index contributed by atoms with van der Waals surface area (Å²) in [5, 5.41) is 11.8. The standard InChI is InChI=1S/C14H22N2O2/c1-4-16(3)13(12-8-6-5-7-9-12)14(18)15-11(2)10-17/h5-9,11,13,17H,4,10H2,1-3H3,(H,15,18). The van der Waals surface area contributed by atoms with Crippen molar-refractivity contribution in [3.8, 4) is 0 Å². The fraction of sp³-hybridized carbons (Fsp3) is 0.500. The molecule has 100 valence electrons. The third-order valence-corrected chi connectivity index (χ3v) is 2.97. The van der Waals surface area contributed by atoms with Crippen LogP contribution in [0.5, 0.6) is 0 Å². The zero-order chi connectivity index (χ0) is 13.5. The Kier molecular flexibility index (Phi) is 5.82. The van der Waals surface area contributed by atoms with Gasteiger partial charge in [0.15, 0.2) is 0 Å². The Labute approximate surface area is 109 Å². The van der Waals surface area contributed by atoms with Gasteiger partial charge in [0.2, 0.25) is 5.91 Å². The summed E-state index contributed by atoms with van der Waals surface area (Å²) in [7, 11) is 1.92. The first-order chi connectivity index (χ1) is 8.60. The van der Waals surface area contributed by atoms with Gasteiger partial charge in [-0.3, -0.25) is 9.69 Å². The summed E-state index contributed by atoms with van der Waals surface area (Å²) in [6.45, 7) is 4.52. The number of rotatable bonds is 6. The molecule has 0 saturated heterocycles. The molecule has 1 aromatic rings. The third kappa shape index (κ3) is 3.82. The summed E-state index contributed by atoms with van der Waals surface area (Å²) in [4.78, 5) is 14.2. The maximum Gasteiger partial charge on any atom is 0.242 e. The van der Waals surface area contributed by atoms with Crippen LogP contribution in [0, 0.1) is 0 Å². The molecular weight excluding hydrogens is 228 g/mol. The fourth-order valence-electron chi connectivity index (χ4n) is 1.79. The topological polar surface area (TPSA) is 52.6 Å². The van der Waals surface area contributed by atoms with E-state index in [0.717, 1.165) is 12.1 Å². The van der Waals surface area contributed by atoms with Crippen LogP contribution in [0.2, 0.25) is 0 Å². The Hall–Kier alpha value is -1.39. The Morgan fingerprint density at radius 1 is 1.39 bits per heavy atom. The lowest BCUT2D eigenvalue weighted by atomic mass is 10.0. The van der Waals surface area contributed by atoms with Gasteiger partial charge in [-0.15, -0.1) is 0 Å². The van der Waals surface area contributed by atoms with E-state index in [4.69, 9.17) is 5.11 Å². The predicted octanol–water partition coefficient (Wildman–Crippen LogP) is 1.18. The van der Waals surface area contributed by atoms with E-state index in [2.05, 4.69) is 5.32 Å². The molecule has 1 amide bonds. The van der Waals surface area contributed by atoms with Gasteiger partial charge >= 0.3 is 0 Å². The van der Waals surface area contributed by atoms with Crippen molar-refractivity contribution in [1.82, 2.24) is 10.2 Å². The first kappa shape index (κ1) is 14.7. The maximum atomic E-state index is 12.2. The molecule has 0 radical (unpaired) electrons. The Balaban J connectivity index is 2.89. The molecule has 0 saturated carbocycles. The van der Waals surface area contributed by atoms with E-state index in [9.17, 15) is 4.79 Å². The number of nitrogens with zero attached hydrogens (tertiary/aromatic N) is 1. The van der Waals surface area contributed by atoms with Crippen molar-refractivity contribution in [1.29, 1.82) is 0 Å². The molecule has 18 heavy (non-hydrogen) atoms. The minimum Gasteiger partial charge on any atom is -0.394 e. The van der Waals surface area contributed by atoms with Gasteiger partial charge in [0, 0.05) is 6.04 Å². The second-order valence-corrected chi connectivity index (χ2v) is 4.48. The Morgan fingerprint density at radius 3 is 2.50 bits per heavy atom. The Bertz CT molecular complexity index is 367. The number of benzene rings is 1. The minimum atomic E-state index is -0.315. The lowest BCUT2D eigenvalue weighted by Crippen LogP contribution is -2.43. The second-order valence-electron chi connectivity index (χ2n) is 4.48. The van der Waals surface area contributed by atoms with Gasteiger partial charge in [-0.1, -0.05) is 37.3 Å². The molecule has 0 fully saturated rings. The highest BCUT2D eigenvalue weighted by molar-refractivity contribution is 5.83. The highest BCUT2D eigenvalue weighted by atomic mass is 16.3. The number of likely N-dealkylation sites (N-methyl/N-ethyl adjacent to an activating group) is 1. The van der Waals surface area contributed by atoms with Crippen LogP contribution in [0.4, 0.5) is 0 Å². The molecule has 2 N–H and O–H groups in total. The van der Waals surface area contributed by atoms with Crippen LogP contribution in [-0.4, -0.2) is 42.2 Å². The van der Waals surface area contributed by atoms with Crippen LogP contribution in [0.3, 0.4) is 0 Å². The first-order valence-corrected chi connectivity index (χ1v) is 6.26. The first-order valence-electron chi connectivity index (χ1n) is 6.26. The van der Waals surface area contributed by atoms with Crippen LogP contribution in [0.25, 0.3) is 0 Å². The van der Waals surface area contributed by atoms with Crippen molar-refractivity contribution in [3.05, 3.63) is 35.9 Å². The van der Waals surface area contributed by atoms with Gasteiger partial charge in [-0.05, 0) is 26.1 Å². The maximum absolute atomic E-state index is 12.2. The van der Waals surface area contributed by atoms with Crippen molar-refractivity contribution in [2.45, 2.75) is 25.9 Å². The lowest BCUT2D eigenvalue weighted by molar-refractivity contribution is -0.127. The van der Waals surface area contributed by atoms with E-state index < -0.39 is 0 Å². The third-order valence-electron chi connectivity index (χ3n) is 2.97. The van der Waals surface area contributed by atoms with E-state index in [1.54, 1.807) is 6.92 Å². The number of hydrogen-bond donors (Lipinski definition) is 2. The number of hydrogen-bond acceptors (Lipinski definition) is 3.